The molecule has 0 bridgehead atoms. The van der Waals surface area contributed by atoms with Crippen LogP contribution in [0, 0.1) is 52.4 Å². The van der Waals surface area contributed by atoms with E-state index in [9.17, 15) is 35.1 Å². The van der Waals surface area contributed by atoms with Gasteiger partial charge < -0.3 is 4.74 Å². The Hall–Kier alpha value is -4.42. The maximum atomic E-state index is 15.2. The number of alkyl halides is 3. The molecule has 212 valence electrons. The van der Waals surface area contributed by atoms with E-state index in [4.69, 9.17) is 4.74 Å². The van der Waals surface area contributed by atoms with Crippen molar-refractivity contribution in [2.24, 2.45) is 0 Å². The average Bonchev–Trinajstić information content (AvgIpc) is 2.88. The van der Waals surface area contributed by atoms with Crippen LogP contribution >= 0.6 is 0 Å². The van der Waals surface area contributed by atoms with E-state index in [1.54, 1.807) is 0 Å². The molecule has 0 aromatic heterocycles. The molecule has 1 nitrogen and oxygen atoms in total. The molecule has 13 heteroatoms. The summed E-state index contributed by atoms with van der Waals surface area (Å²) < 4.78 is 178. The molecule has 41 heavy (non-hydrogen) atoms. The van der Waals surface area contributed by atoms with E-state index in [1.165, 1.54) is 0 Å². The molecule has 5 aromatic rings. The predicted octanol–water partition coefficient (Wildman–Crippen LogP) is 9.61. The third-order valence-electron chi connectivity index (χ3n) is 6.42. The van der Waals surface area contributed by atoms with Gasteiger partial charge in [0.1, 0.15) is 28.8 Å². The summed E-state index contributed by atoms with van der Waals surface area (Å²) in [5.41, 5.74) is -7.37. The molecule has 0 saturated heterocycles. The zero-order valence-electron chi connectivity index (χ0n) is 20.0. The molecule has 0 aliphatic rings. The Morgan fingerprint density at radius 3 is 1.41 bits per heavy atom. The second-order valence-corrected chi connectivity index (χ2v) is 8.72. The van der Waals surface area contributed by atoms with Crippen molar-refractivity contribution in [3.05, 3.63) is 100 Å². The Bertz CT molecular complexity index is 1860. The normalized spacial score (nSPS) is 12.0. The molecular weight excluding hydrogens is 580 g/mol. The third kappa shape index (κ3) is 4.30. The van der Waals surface area contributed by atoms with Gasteiger partial charge in [-0.05, 0) is 45.8 Å². The number of methoxy groups -OCH3 is 1. The monoisotopic (exact) mass is 590 g/mol. The van der Waals surface area contributed by atoms with Crippen LogP contribution in [0.25, 0.3) is 43.8 Å². The molecule has 0 aliphatic carbocycles. The number of hydrogen-bond donors (Lipinski definition) is 0. The summed E-state index contributed by atoms with van der Waals surface area (Å²) >= 11 is 0. The Morgan fingerprint density at radius 1 is 0.488 bits per heavy atom. The van der Waals surface area contributed by atoms with Crippen molar-refractivity contribution < 1.29 is 57.4 Å². The van der Waals surface area contributed by atoms with Crippen molar-refractivity contribution in [3.8, 4) is 28.0 Å². The minimum atomic E-state index is -5.88. The molecule has 5 rings (SSSR count). The van der Waals surface area contributed by atoms with Crippen LogP contribution in [0.2, 0.25) is 0 Å². The summed E-state index contributed by atoms with van der Waals surface area (Å²) in [5, 5.41) is -2.82. The highest BCUT2D eigenvalue weighted by Gasteiger charge is 2.43. The smallest absolute Gasteiger partial charge is 0.422 e. The summed E-state index contributed by atoms with van der Waals surface area (Å²) in [5.74, 6) is -18.4. The van der Waals surface area contributed by atoms with E-state index in [1.807, 2.05) is 0 Å². The van der Waals surface area contributed by atoms with Crippen LogP contribution in [-0.2, 0) is 6.18 Å². The Balaban J connectivity index is 2.08. The first-order chi connectivity index (χ1) is 19.2. The second kappa shape index (κ2) is 9.60. The van der Waals surface area contributed by atoms with Gasteiger partial charge >= 0.3 is 6.18 Å². The van der Waals surface area contributed by atoms with Gasteiger partial charge in [-0.1, -0.05) is 6.07 Å². The predicted molar refractivity (Wildman–Crippen MR) is 124 cm³/mol. The summed E-state index contributed by atoms with van der Waals surface area (Å²) in [6.45, 7) is 0. The topological polar surface area (TPSA) is 9.23 Å². The highest BCUT2D eigenvalue weighted by Crippen LogP contribution is 2.49. The van der Waals surface area contributed by atoms with Gasteiger partial charge in [0.05, 0.1) is 18.2 Å². The van der Waals surface area contributed by atoms with E-state index in [2.05, 4.69) is 0 Å². The van der Waals surface area contributed by atoms with Crippen molar-refractivity contribution in [2.75, 3.05) is 7.11 Å². The number of hydrogen-bond acceptors (Lipinski definition) is 1. The van der Waals surface area contributed by atoms with Crippen LogP contribution in [0.4, 0.5) is 52.7 Å². The van der Waals surface area contributed by atoms with Gasteiger partial charge in [0.25, 0.3) is 0 Å². The van der Waals surface area contributed by atoms with Crippen molar-refractivity contribution in [1.29, 1.82) is 0 Å². The number of ether oxygens (including phenoxy) is 1. The van der Waals surface area contributed by atoms with Crippen LogP contribution in [0.5, 0.6) is 5.75 Å². The van der Waals surface area contributed by atoms with Crippen molar-refractivity contribution in [3.63, 3.8) is 0 Å². The quantitative estimate of drug-likeness (QED) is 0.116. The Labute approximate surface area is 221 Å². The lowest BCUT2D eigenvalue weighted by Crippen LogP contribution is -2.16. The van der Waals surface area contributed by atoms with Gasteiger partial charge in [0, 0.05) is 23.3 Å². The van der Waals surface area contributed by atoms with E-state index in [0.717, 1.165) is 13.2 Å². The lowest BCUT2D eigenvalue weighted by Gasteiger charge is -2.21. The van der Waals surface area contributed by atoms with E-state index in [-0.39, 0.29) is 11.8 Å². The summed E-state index contributed by atoms with van der Waals surface area (Å²) in [6, 6.07) is 3.91. The first-order valence-corrected chi connectivity index (χ1v) is 11.2. The molecule has 0 unspecified atom stereocenters. The molecule has 0 N–H and O–H groups in total. The van der Waals surface area contributed by atoms with Crippen molar-refractivity contribution >= 4 is 21.5 Å². The van der Waals surface area contributed by atoms with Gasteiger partial charge in [-0.2, -0.15) is 13.2 Å². The molecular formula is C28H10F12O. The average molecular weight is 590 g/mol. The summed E-state index contributed by atoms with van der Waals surface area (Å²) in [7, 11) is 1.08. The third-order valence-corrected chi connectivity index (χ3v) is 6.42. The van der Waals surface area contributed by atoms with Crippen molar-refractivity contribution in [1.82, 2.24) is 0 Å². The van der Waals surface area contributed by atoms with Gasteiger partial charge in [0.2, 0.25) is 0 Å². The number of fused-ring (bicyclic) bond motifs is 2. The molecule has 0 spiro atoms. The SMILES string of the molecule is COc1cc(F)c(-c2c3cc(F)ccc3c(-c3c(F)c(F)c(C(F)(F)F)c(F)c3F)c3cc(F)c(F)cc23)c(F)c1. The van der Waals surface area contributed by atoms with Crippen molar-refractivity contribution in [2.45, 2.75) is 6.18 Å². The zero-order valence-corrected chi connectivity index (χ0v) is 20.0. The van der Waals surface area contributed by atoms with Crippen LogP contribution in [0.1, 0.15) is 5.56 Å². The minimum absolute atomic E-state index is 0.262. The number of rotatable bonds is 3. The molecule has 0 fully saturated rings. The molecule has 5 aromatic carbocycles. The fourth-order valence-corrected chi connectivity index (χ4v) is 4.74. The highest BCUT2D eigenvalue weighted by atomic mass is 19.4. The largest absolute Gasteiger partial charge is 0.497 e. The standard InChI is InChI=1S/C28H10F12O/c1-41-10-5-17(32)21(18(33)6-10)20-12-4-9(29)2-3-11(12)19(13-7-15(30)16(31)8-14(13)20)22-24(34)26(36)23(28(38,39)40)27(37)25(22)35/h2-8H,1H3. The number of benzene rings is 5. The molecule has 0 amide bonds. The van der Waals surface area contributed by atoms with E-state index in [0.29, 0.717) is 30.3 Å². The highest BCUT2D eigenvalue weighted by molar-refractivity contribution is 6.21. The molecule has 0 heterocycles. The Morgan fingerprint density at radius 2 is 0.951 bits per heavy atom. The lowest BCUT2D eigenvalue weighted by molar-refractivity contribution is -0.143. The van der Waals surface area contributed by atoms with Gasteiger partial charge in [0.15, 0.2) is 34.9 Å². The maximum Gasteiger partial charge on any atom is 0.422 e. The first-order valence-electron chi connectivity index (χ1n) is 11.2. The van der Waals surface area contributed by atoms with E-state index < -0.39 is 108 Å². The van der Waals surface area contributed by atoms with Crippen LogP contribution in [-0.4, -0.2) is 7.11 Å². The fraction of sp³-hybridized carbons (Fsp3) is 0.0714. The summed E-state index contributed by atoms with van der Waals surface area (Å²) in [4.78, 5) is 0. The fourth-order valence-electron chi connectivity index (χ4n) is 4.74. The zero-order chi connectivity index (χ0) is 30.1. The number of halogens is 12. The van der Waals surface area contributed by atoms with Gasteiger partial charge in [-0.25, -0.2) is 39.5 Å². The molecule has 0 atom stereocenters. The first kappa shape index (κ1) is 28.1. The maximum absolute atomic E-state index is 15.2. The van der Waals surface area contributed by atoms with Crippen LogP contribution in [0.3, 0.4) is 0 Å². The van der Waals surface area contributed by atoms with Gasteiger partial charge in [-0.3, -0.25) is 0 Å². The van der Waals surface area contributed by atoms with Gasteiger partial charge in [-0.15, -0.1) is 0 Å². The van der Waals surface area contributed by atoms with Crippen LogP contribution < -0.4 is 4.74 Å². The second-order valence-electron chi connectivity index (χ2n) is 8.72. The molecule has 0 saturated carbocycles. The Kier molecular flexibility index (Phi) is 6.58. The molecule has 0 aliphatic heterocycles. The minimum Gasteiger partial charge on any atom is -0.497 e. The molecule has 0 radical (unpaired) electrons. The lowest BCUT2D eigenvalue weighted by atomic mass is 9.84. The van der Waals surface area contributed by atoms with Crippen LogP contribution in [0.15, 0.2) is 42.5 Å². The summed E-state index contributed by atoms with van der Waals surface area (Å²) in [6.07, 6.45) is -5.88. The van der Waals surface area contributed by atoms with E-state index >= 15 is 17.6 Å².